The van der Waals surface area contributed by atoms with E-state index in [1.165, 1.54) is 19.3 Å². The molecule has 100 valence electrons. The summed E-state index contributed by atoms with van der Waals surface area (Å²) in [6.07, 6.45) is 6.43. The van der Waals surface area contributed by atoms with Crippen LogP contribution in [0.2, 0.25) is 0 Å². The predicted octanol–water partition coefficient (Wildman–Crippen LogP) is 1.45. The van der Waals surface area contributed by atoms with Gasteiger partial charge in [-0.05, 0) is 39.2 Å². The quantitative estimate of drug-likeness (QED) is 0.710. The summed E-state index contributed by atoms with van der Waals surface area (Å²) in [6, 6.07) is 0.599. The molecule has 2 atom stereocenters. The van der Waals surface area contributed by atoms with Gasteiger partial charge in [-0.15, -0.1) is 0 Å². The van der Waals surface area contributed by atoms with Crippen LogP contribution < -0.4 is 10.6 Å². The zero-order valence-corrected chi connectivity index (χ0v) is 11.1. The maximum absolute atomic E-state index is 11.5. The molecular weight excluding hydrogens is 216 g/mol. The van der Waals surface area contributed by atoms with Gasteiger partial charge in [-0.3, -0.25) is 4.79 Å². The molecule has 4 heteroatoms. The van der Waals surface area contributed by atoms with Gasteiger partial charge in [-0.1, -0.05) is 6.42 Å². The number of hydrogen-bond donors (Lipinski definition) is 2. The Balaban J connectivity index is 1.99. The summed E-state index contributed by atoms with van der Waals surface area (Å²) in [7, 11) is 1.68. The van der Waals surface area contributed by atoms with Gasteiger partial charge in [-0.25, -0.2) is 0 Å². The first-order valence-electron chi connectivity index (χ1n) is 6.75. The number of nitrogens with one attached hydrogen (secondary N) is 2. The van der Waals surface area contributed by atoms with Gasteiger partial charge in [0.15, 0.2) is 0 Å². The monoisotopic (exact) mass is 242 g/mol. The zero-order valence-electron chi connectivity index (χ0n) is 11.1. The largest absolute Gasteiger partial charge is 0.382 e. The van der Waals surface area contributed by atoms with Crippen LogP contribution in [0.25, 0.3) is 0 Å². The van der Waals surface area contributed by atoms with Crippen LogP contribution in [-0.4, -0.2) is 38.3 Å². The van der Waals surface area contributed by atoms with Crippen LogP contribution >= 0.6 is 0 Å². The van der Waals surface area contributed by atoms with Crippen molar-refractivity contribution in [3.8, 4) is 0 Å². The molecule has 0 aromatic rings. The first-order chi connectivity index (χ1) is 8.22. The van der Waals surface area contributed by atoms with E-state index in [-0.39, 0.29) is 12.0 Å². The molecule has 1 fully saturated rings. The van der Waals surface area contributed by atoms with E-state index in [2.05, 4.69) is 10.6 Å². The van der Waals surface area contributed by atoms with Crippen LogP contribution in [-0.2, 0) is 9.53 Å². The molecule has 1 aliphatic heterocycles. The molecule has 2 unspecified atom stereocenters. The fourth-order valence-corrected chi connectivity index (χ4v) is 2.10. The molecular formula is C13H26N2O2. The van der Waals surface area contributed by atoms with Crippen molar-refractivity contribution in [2.24, 2.45) is 0 Å². The average Bonchev–Trinajstić information content (AvgIpc) is 2.37. The highest BCUT2D eigenvalue weighted by molar-refractivity contribution is 5.75. The molecule has 17 heavy (non-hydrogen) atoms. The maximum atomic E-state index is 11.5. The Morgan fingerprint density at radius 2 is 2.35 bits per heavy atom. The number of piperidine rings is 1. The number of hydrogen-bond acceptors (Lipinski definition) is 3. The third kappa shape index (κ3) is 6.64. The molecule has 0 bridgehead atoms. The lowest BCUT2D eigenvalue weighted by Gasteiger charge is -2.23. The van der Waals surface area contributed by atoms with Crippen LogP contribution in [0, 0.1) is 0 Å². The molecule has 1 aliphatic rings. The molecule has 0 spiro atoms. The Hall–Kier alpha value is -0.610. The number of methoxy groups -OCH3 is 1. The maximum Gasteiger partial charge on any atom is 0.220 e. The average molecular weight is 242 g/mol. The van der Waals surface area contributed by atoms with Crippen LogP contribution in [0.3, 0.4) is 0 Å². The van der Waals surface area contributed by atoms with Crippen molar-refractivity contribution in [2.75, 3.05) is 20.2 Å². The highest BCUT2D eigenvalue weighted by Gasteiger charge is 2.12. The van der Waals surface area contributed by atoms with E-state index in [9.17, 15) is 4.79 Å². The van der Waals surface area contributed by atoms with Crippen molar-refractivity contribution in [2.45, 2.75) is 57.6 Å². The first kappa shape index (κ1) is 14.5. The fourth-order valence-electron chi connectivity index (χ4n) is 2.10. The van der Waals surface area contributed by atoms with E-state index in [0.29, 0.717) is 12.5 Å². The lowest BCUT2D eigenvalue weighted by molar-refractivity contribution is -0.121. The molecule has 4 nitrogen and oxygen atoms in total. The SMILES string of the molecule is COC(C)CCC(=O)NCCC1CCCCN1. The number of ether oxygens (including phenoxy) is 1. The van der Waals surface area contributed by atoms with Crippen molar-refractivity contribution in [3.05, 3.63) is 0 Å². The summed E-state index contributed by atoms with van der Waals surface area (Å²) < 4.78 is 5.11. The molecule has 1 heterocycles. The normalized spacial score (nSPS) is 22.1. The molecule has 1 amide bonds. The number of rotatable bonds is 7. The zero-order chi connectivity index (χ0) is 12.5. The summed E-state index contributed by atoms with van der Waals surface area (Å²) in [5, 5.41) is 6.46. The van der Waals surface area contributed by atoms with Crippen LogP contribution in [0.15, 0.2) is 0 Å². The van der Waals surface area contributed by atoms with Crippen molar-refractivity contribution in [1.82, 2.24) is 10.6 Å². The van der Waals surface area contributed by atoms with Crippen LogP contribution in [0.1, 0.15) is 45.4 Å². The van der Waals surface area contributed by atoms with Crippen molar-refractivity contribution in [3.63, 3.8) is 0 Å². The minimum atomic E-state index is 0.143. The Morgan fingerprint density at radius 1 is 1.53 bits per heavy atom. The second-order valence-corrected chi connectivity index (χ2v) is 4.87. The molecule has 1 saturated heterocycles. The third-order valence-electron chi connectivity index (χ3n) is 3.41. The van der Waals surface area contributed by atoms with E-state index < -0.39 is 0 Å². The van der Waals surface area contributed by atoms with Gasteiger partial charge in [0.25, 0.3) is 0 Å². The number of carbonyl (C=O) groups is 1. The van der Waals surface area contributed by atoms with Crippen molar-refractivity contribution >= 4 is 5.91 Å². The van der Waals surface area contributed by atoms with Gasteiger partial charge in [0.05, 0.1) is 6.10 Å². The second-order valence-electron chi connectivity index (χ2n) is 4.87. The Labute approximate surface area is 104 Å². The summed E-state index contributed by atoms with van der Waals surface area (Å²) >= 11 is 0. The Bertz CT molecular complexity index is 215. The van der Waals surface area contributed by atoms with Crippen molar-refractivity contribution < 1.29 is 9.53 Å². The van der Waals surface area contributed by atoms with Gasteiger partial charge in [-0.2, -0.15) is 0 Å². The van der Waals surface area contributed by atoms with E-state index in [1.54, 1.807) is 7.11 Å². The van der Waals surface area contributed by atoms with E-state index in [0.717, 1.165) is 25.9 Å². The molecule has 2 N–H and O–H groups in total. The molecule has 0 radical (unpaired) electrons. The molecule has 0 aromatic heterocycles. The second kappa shape index (κ2) is 8.48. The topological polar surface area (TPSA) is 50.4 Å². The highest BCUT2D eigenvalue weighted by Crippen LogP contribution is 2.09. The van der Waals surface area contributed by atoms with Gasteiger partial charge in [0.1, 0.15) is 0 Å². The summed E-state index contributed by atoms with van der Waals surface area (Å²) in [5.41, 5.74) is 0. The Morgan fingerprint density at radius 3 is 3.00 bits per heavy atom. The summed E-state index contributed by atoms with van der Waals surface area (Å²) in [5.74, 6) is 0.143. The minimum absolute atomic E-state index is 0.143. The number of carbonyl (C=O) groups excluding carboxylic acids is 1. The molecule has 0 saturated carbocycles. The lowest BCUT2D eigenvalue weighted by atomic mass is 10.0. The van der Waals surface area contributed by atoms with Crippen LogP contribution in [0.4, 0.5) is 0 Å². The van der Waals surface area contributed by atoms with Gasteiger partial charge >= 0.3 is 0 Å². The fraction of sp³-hybridized carbons (Fsp3) is 0.923. The van der Waals surface area contributed by atoms with E-state index in [4.69, 9.17) is 4.74 Å². The third-order valence-corrected chi connectivity index (χ3v) is 3.41. The van der Waals surface area contributed by atoms with Gasteiger partial charge < -0.3 is 15.4 Å². The highest BCUT2D eigenvalue weighted by atomic mass is 16.5. The first-order valence-corrected chi connectivity index (χ1v) is 6.75. The summed E-state index contributed by atoms with van der Waals surface area (Å²) in [6.45, 7) is 3.90. The van der Waals surface area contributed by atoms with Crippen molar-refractivity contribution in [1.29, 1.82) is 0 Å². The summed E-state index contributed by atoms with van der Waals surface area (Å²) in [4.78, 5) is 11.5. The predicted molar refractivity (Wildman–Crippen MR) is 69.0 cm³/mol. The van der Waals surface area contributed by atoms with Gasteiger partial charge in [0.2, 0.25) is 5.91 Å². The van der Waals surface area contributed by atoms with E-state index in [1.807, 2.05) is 6.92 Å². The Kier molecular flexibility index (Phi) is 7.21. The van der Waals surface area contributed by atoms with E-state index >= 15 is 0 Å². The molecule has 1 rings (SSSR count). The molecule has 0 aromatic carbocycles. The van der Waals surface area contributed by atoms with Gasteiger partial charge in [0, 0.05) is 26.1 Å². The smallest absolute Gasteiger partial charge is 0.220 e. The number of amides is 1. The standard InChI is InChI=1S/C13H26N2O2/c1-11(17-2)6-7-13(16)15-10-8-12-5-3-4-9-14-12/h11-12,14H,3-10H2,1-2H3,(H,15,16). The lowest BCUT2D eigenvalue weighted by Crippen LogP contribution is -2.37. The minimum Gasteiger partial charge on any atom is -0.382 e. The van der Waals surface area contributed by atoms with Crippen LogP contribution in [0.5, 0.6) is 0 Å². The molecule has 0 aliphatic carbocycles.